The Balaban J connectivity index is 0.000000336. The Morgan fingerprint density at radius 3 is 2.08 bits per heavy atom. The first-order valence-corrected chi connectivity index (χ1v) is 4.77. The molecule has 2 heterocycles. The zero-order valence-electron chi connectivity index (χ0n) is 7.92. The first-order chi connectivity index (χ1) is 5.87. The molecule has 2 saturated heterocycles. The third kappa shape index (κ3) is 1.49. The SMILES string of the molecule is CO.NCC12CCCN1CCC2. The molecule has 3 N–H and O–H groups in total. The van der Waals surface area contributed by atoms with E-state index in [9.17, 15) is 0 Å². The quantitative estimate of drug-likeness (QED) is 0.593. The fourth-order valence-corrected chi connectivity index (χ4v) is 2.56. The summed E-state index contributed by atoms with van der Waals surface area (Å²) in [4.78, 5) is 2.59. The molecule has 0 atom stereocenters. The fourth-order valence-electron chi connectivity index (χ4n) is 2.56. The van der Waals surface area contributed by atoms with Crippen molar-refractivity contribution >= 4 is 0 Å². The zero-order chi connectivity index (χ0) is 9.03. The van der Waals surface area contributed by atoms with Crippen LogP contribution in [0.15, 0.2) is 0 Å². The molecule has 2 aliphatic heterocycles. The van der Waals surface area contributed by atoms with Crippen LogP contribution in [-0.2, 0) is 0 Å². The summed E-state index contributed by atoms with van der Waals surface area (Å²) in [5.74, 6) is 0. The number of nitrogens with zero attached hydrogens (tertiary/aromatic N) is 1. The molecule has 12 heavy (non-hydrogen) atoms. The van der Waals surface area contributed by atoms with Crippen LogP contribution in [0.1, 0.15) is 25.7 Å². The van der Waals surface area contributed by atoms with Gasteiger partial charge in [-0.2, -0.15) is 0 Å². The van der Waals surface area contributed by atoms with Crippen LogP contribution in [0.4, 0.5) is 0 Å². The topological polar surface area (TPSA) is 49.5 Å². The third-order valence-corrected chi connectivity index (χ3v) is 3.19. The normalized spacial score (nSPS) is 26.2. The van der Waals surface area contributed by atoms with Crippen molar-refractivity contribution in [2.45, 2.75) is 31.2 Å². The Bertz CT molecular complexity index is 128. The lowest BCUT2D eigenvalue weighted by molar-refractivity contribution is 0.204. The van der Waals surface area contributed by atoms with Crippen molar-refractivity contribution in [1.82, 2.24) is 4.90 Å². The summed E-state index contributed by atoms with van der Waals surface area (Å²) < 4.78 is 0. The molecule has 0 aromatic rings. The molecule has 0 unspecified atom stereocenters. The van der Waals surface area contributed by atoms with Gasteiger partial charge in [0.1, 0.15) is 0 Å². The van der Waals surface area contributed by atoms with E-state index in [0.717, 1.165) is 13.7 Å². The predicted molar refractivity (Wildman–Crippen MR) is 50.0 cm³/mol. The van der Waals surface area contributed by atoms with Gasteiger partial charge in [0.15, 0.2) is 0 Å². The van der Waals surface area contributed by atoms with Gasteiger partial charge in [-0.15, -0.1) is 0 Å². The highest BCUT2D eigenvalue weighted by molar-refractivity contribution is 5.00. The zero-order valence-corrected chi connectivity index (χ0v) is 7.92. The van der Waals surface area contributed by atoms with Gasteiger partial charge in [-0.3, -0.25) is 4.90 Å². The van der Waals surface area contributed by atoms with Gasteiger partial charge in [0, 0.05) is 19.2 Å². The molecule has 0 aliphatic carbocycles. The molecule has 2 rings (SSSR count). The number of aliphatic hydroxyl groups excluding tert-OH is 1. The standard InChI is InChI=1S/C8H16N2.CH4O/c9-7-8-3-1-5-10(8)6-2-4-8;1-2/h1-7,9H2;2H,1H3. The van der Waals surface area contributed by atoms with Gasteiger partial charge in [0.2, 0.25) is 0 Å². The second kappa shape index (κ2) is 4.21. The van der Waals surface area contributed by atoms with E-state index in [1.165, 1.54) is 38.8 Å². The minimum atomic E-state index is 0.458. The van der Waals surface area contributed by atoms with Crippen molar-refractivity contribution < 1.29 is 5.11 Å². The smallest absolute Gasteiger partial charge is 0.0332 e. The van der Waals surface area contributed by atoms with Crippen LogP contribution in [0.5, 0.6) is 0 Å². The van der Waals surface area contributed by atoms with Crippen LogP contribution in [-0.4, -0.2) is 42.3 Å². The molecule has 0 saturated carbocycles. The molecule has 3 heteroatoms. The largest absolute Gasteiger partial charge is 0.400 e. The highest BCUT2D eigenvalue weighted by Crippen LogP contribution is 2.37. The molecule has 0 spiro atoms. The van der Waals surface area contributed by atoms with E-state index >= 15 is 0 Å². The fraction of sp³-hybridized carbons (Fsp3) is 1.00. The van der Waals surface area contributed by atoms with Gasteiger partial charge < -0.3 is 10.8 Å². The summed E-state index contributed by atoms with van der Waals surface area (Å²) in [7, 11) is 1.00. The molecule has 72 valence electrons. The maximum atomic E-state index is 7.00. The monoisotopic (exact) mass is 172 g/mol. The second-order valence-corrected chi connectivity index (χ2v) is 3.62. The summed E-state index contributed by atoms with van der Waals surface area (Å²) in [5.41, 5.74) is 6.23. The average molecular weight is 172 g/mol. The molecule has 0 amide bonds. The van der Waals surface area contributed by atoms with Crippen molar-refractivity contribution in [2.75, 3.05) is 26.7 Å². The summed E-state index contributed by atoms with van der Waals surface area (Å²) >= 11 is 0. The van der Waals surface area contributed by atoms with Crippen molar-refractivity contribution in [3.05, 3.63) is 0 Å². The summed E-state index contributed by atoms with van der Waals surface area (Å²) in [6, 6.07) is 0. The molecular weight excluding hydrogens is 152 g/mol. The van der Waals surface area contributed by atoms with Crippen molar-refractivity contribution in [3.63, 3.8) is 0 Å². The Morgan fingerprint density at radius 1 is 1.25 bits per heavy atom. The Labute approximate surface area is 74.5 Å². The minimum absolute atomic E-state index is 0.458. The van der Waals surface area contributed by atoms with Crippen LogP contribution in [0.3, 0.4) is 0 Å². The molecule has 0 bridgehead atoms. The van der Waals surface area contributed by atoms with E-state index in [1.807, 2.05) is 0 Å². The molecule has 0 aromatic heterocycles. The predicted octanol–water partition coefficient (Wildman–Crippen LogP) is 0.182. The molecule has 0 radical (unpaired) electrons. The Kier molecular flexibility index (Phi) is 3.50. The Hall–Kier alpha value is -0.120. The van der Waals surface area contributed by atoms with E-state index in [4.69, 9.17) is 10.8 Å². The first-order valence-electron chi connectivity index (χ1n) is 4.77. The summed E-state index contributed by atoms with van der Waals surface area (Å²) in [6.07, 6.45) is 5.45. The highest BCUT2D eigenvalue weighted by atomic mass is 16.2. The van der Waals surface area contributed by atoms with Crippen molar-refractivity contribution in [2.24, 2.45) is 5.73 Å². The average Bonchev–Trinajstić information content (AvgIpc) is 2.65. The number of hydrogen-bond acceptors (Lipinski definition) is 3. The maximum absolute atomic E-state index is 7.00. The third-order valence-electron chi connectivity index (χ3n) is 3.19. The highest BCUT2D eigenvalue weighted by Gasteiger charge is 2.42. The number of fused-ring (bicyclic) bond motifs is 1. The van der Waals surface area contributed by atoms with Gasteiger partial charge >= 0.3 is 0 Å². The number of rotatable bonds is 1. The van der Waals surface area contributed by atoms with Gasteiger partial charge in [-0.05, 0) is 38.8 Å². The molecule has 0 aromatic carbocycles. The maximum Gasteiger partial charge on any atom is 0.0332 e. The van der Waals surface area contributed by atoms with E-state index in [-0.39, 0.29) is 0 Å². The van der Waals surface area contributed by atoms with Gasteiger partial charge in [-0.25, -0.2) is 0 Å². The van der Waals surface area contributed by atoms with Crippen LogP contribution >= 0.6 is 0 Å². The van der Waals surface area contributed by atoms with E-state index in [2.05, 4.69) is 4.90 Å². The van der Waals surface area contributed by atoms with E-state index in [0.29, 0.717) is 5.54 Å². The second-order valence-electron chi connectivity index (χ2n) is 3.62. The Morgan fingerprint density at radius 2 is 1.75 bits per heavy atom. The number of aliphatic hydroxyl groups is 1. The number of hydrogen-bond donors (Lipinski definition) is 2. The van der Waals surface area contributed by atoms with Crippen LogP contribution in [0.25, 0.3) is 0 Å². The first kappa shape index (κ1) is 9.96. The minimum Gasteiger partial charge on any atom is -0.400 e. The molecule has 3 nitrogen and oxygen atoms in total. The molecule has 2 aliphatic rings. The van der Waals surface area contributed by atoms with Crippen LogP contribution in [0, 0.1) is 0 Å². The van der Waals surface area contributed by atoms with Gasteiger partial charge in [0.25, 0.3) is 0 Å². The lowest BCUT2D eigenvalue weighted by atomic mass is 9.95. The van der Waals surface area contributed by atoms with Crippen molar-refractivity contribution in [3.8, 4) is 0 Å². The molecular formula is C9H20N2O. The van der Waals surface area contributed by atoms with Gasteiger partial charge in [-0.1, -0.05) is 0 Å². The summed E-state index contributed by atoms with van der Waals surface area (Å²) in [6.45, 7) is 3.49. The van der Waals surface area contributed by atoms with Crippen LogP contribution in [0.2, 0.25) is 0 Å². The van der Waals surface area contributed by atoms with E-state index in [1.54, 1.807) is 0 Å². The van der Waals surface area contributed by atoms with E-state index < -0.39 is 0 Å². The van der Waals surface area contributed by atoms with Crippen LogP contribution < -0.4 is 5.73 Å². The summed E-state index contributed by atoms with van der Waals surface area (Å²) in [5, 5.41) is 7.00. The lowest BCUT2D eigenvalue weighted by Crippen LogP contribution is -2.44. The van der Waals surface area contributed by atoms with Gasteiger partial charge in [0.05, 0.1) is 0 Å². The molecule has 2 fully saturated rings. The number of nitrogens with two attached hydrogens (primary N) is 1. The van der Waals surface area contributed by atoms with Crippen molar-refractivity contribution in [1.29, 1.82) is 0 Å². The lowest BCUT2D eigenvalue weighted by Gasteiger charge is -2.30.